The van der Waals surface area contributed by atoms with Gasteiger partial charge in [0.1, 0.15) is 12.3 Å². The number of likely N-dealkylation sites (N-methyl/N-ethyl adjacent to an activating group) is 1. The molecule has 146 valence electrons. The first-order valence-electron chi connectivity index (χ1n) is 8.70. The predicted molar refractivity (Wildman–Crippen MR) is 107 cm³/mol. The summed E-state index contributed by atoms with van der Waals surface area (Å²) >= 11 is 0. The third-order valence-corrected chi connectivity index (χ3v) is 5.22. The van der Waals surface area contributed by atoms with Gasteiger partial charge in [0, 0.05) is 13.6 Å². The Morgan fingerprint density at radius 3 is 2.15 bits per heavy atom. The smallest absolute Gasteiger partial charge is 0.243 e. The van der Waals surface area contributed by atoms with Gasteiger partial charge in [-0.05, 0) is 43.7 Å². The van der Waals surface area contributed by atoms with E-state index in [4.69, 9.17) is 4.74 Å². The topological polar surface area (TPSA) is 66.9 Å². The van der Waals surface area contributed by atoms with E-state index in [9.17, 15) is 13.2 Å². The van der Waals surface area contributed by atoms with E-state index in [1.807, 2.05) is 38.1 Å². The highest BCUT2D eigenvalue weighted by Crippen LogP contribution is 2.22. The number of aryl methyl sites for hydroxylation is 1. The van der Waals surface area contributed by atoms with Crippen molar-refractivity contribution in [2.45, 2.75) is 20.4 Å². The quantitative estimate of drug-likeness (QED) is 0.695. The zero-order chi connectivity index (χ0) is 20.0. The van der Waals surface area contributed by atoms with Gasteiger partial charge >= 0.3 is 0 Å². The summed E-state index contributed by atoms with van der Waals surface area (Å²) in [6.45, 7) is 4.56. The van der Waals surface area contributed by atoms with Gasteiger partial charge in [-0.1, -0.05) is 29.8 Å². The molecule has 0 bridgehead atoms. The average molecular weight is 391 g/mol. The van der Waals surface area contributed by atoms with Gasteiger partial charge in [-0.25, -0.2) is 8.42 Å². The minimum atomic E-state index is -3.61. The Bertz CT molecular complexity index is 862. The highest BCUT2D eigenvalue weighted by Gasteiger charge is 2.22. The molecule has 0 saturated carbocycles. The van der Waals surface area contributed by atoms with Crippen LogP contribution in [-0.2, 0) is 21.4 Å². The van der Waals surface area contributed by atoms with E-state index in [1.165, 1.54) is 4.90 Å². The highest BCUT2D eigenvalue weighted by atomic mass is 32.2. The molecule has 0 unspecified atom stereocenters. The van der Waals surface area contributed by atoms with Crippen molar-refractivity contribution in [3.8, 4) is 5.75 Å². The summed E-state index contributed by atoms with van der Waals surface area (Å²) in [7, 11) is -1.94. The lowest BCUT2D eigenvalue weighted by Gasteiger charge is -2.25. The normalized spacial score (nSPS) is 11.1. The number of ether oxygens (including phenoxy) is 1. The Balaban J connectivity index is 2.12. The van der Waals surface area contributed by atoms with Crippen LogP contribution in [-0.4, -0.2) is 45.7 Å². The summed E-state index contributed by atoms with van der Waals surface area (Å²) in [5, 5.41) is 0. The van der Waals surface area contributed by atoms with Gasteiger partial charge in [0.15, 0.2) is 0 Å². The van der Waals surface area contributed by atoms with E-state index in [2.05, 4.69) is 0 Å². The van der Waals surface area contributed by atoms with Crippen LogP contribution in [0.5, 0.6) is 5.75 Å². The number of carbonyl (C=O) groups is 1. The first kappa shape index (κ1) is 20.8. The number of hydrogen-bond acceptors (Lipinski definition) is 4. The summed E-state index contributed by atoms with van der Waals surface area (Å²) in [5.74, 6) is 0.368. The summed E-state index contributed by atoms with van der Waals surface area (Å²) < 4.78 is 30.9. The molecule has 0 aromatic heterocycles. The summed E-state index contributed by atoms with van der Waals surface area (Å²) in [4.78, 5) is 14.1. The van der Waals surface area contributed by atoms with Gasteiger partial charge in [0.25, 0.3) is 0 Å². The van der Waals surface area contributed by atoms with Gasteiger partial charge < -0.3 is 9.64 Å². The van der Waals surface area contributed by atoms with Crippen LogP contribution in [0.3, 0.4) is 0 Å². The first-order valence-corrected chi connectivity index (χ1v) is 10.6. The standard InChI is InChI=1S/C20H26N2O4S/c1-5-26-19-12-10-18(11-13-19)22(27(4,24)25)15-20(23)21(3)14-17-8-6-16(2)7-9-17/h6-13H,5,14-15H2,1-4H3. The fraction of sp³-hybridized carbons (Fsp3) is 0.350. The van der Waals surface area contributed by atoms with E-state index in [0.29, 0.717) is 24.6 Å². The monoisotopic (exact) mass is 390 g/mol. The molecule has 0 aliphatic heterocycles. The molecule has 6 nitrogen and oxygen atoms in total. The predicted octanol–water partition coefficient (Wildman–Crippen LogP) is 2.82. The van der Waals surface area contributed by atoms with Crippen LogP contribution >= 0.6 is 0 Å². The van der Waals surface area contributed by atoms with Crippen molar-refractivity contribution in [2.24, 2.45) is 0 Å². The van der Waals surface area contributed by atoms with Crippen molar-refractivity contribution in [1.82, 2.24) is 4.90 Å². The number of sulfonamides is 1. The fourth-order valence-electron chi connectivity index (χ4n) is 2.57. The van der Waals surface area contributed by atoms with Crippen molar-refractivity contribution in [1.29, 1.82) is 0 Å². The third kappa shape index (κ3) is 5.99. The molecule has 0 atom stereocenters. The maximum Gasteiger partial charge on any atom is 0.243 e. The Morgan fingerprint density at radius 2 is 1.63 bits per heavy atom. The van der Waals surface area contributed by atoms with E-state index < -0.39 is 10.0 Å². The Morgan fingerprint density at radius 1 is 1.04 bits per heavy atom. The Labute approximate surface area is 161 Å². The van der Waals surface area contributed by atoms with Gasteiger partial charge in [-0.2, -0.15) is 0 Å². The van der Waals surface area contributed by atoms with Gasteiger partial charge in [-0.15, -0.1) is 0 Å². The summed E-state index contributed by atoms with van der Waals surface area (Å²) in [6, 6.07) is 14.5. The number of carbonyl (C=O) groups excluding carboxylic acids is 1. The van der Waals surface area contributed by atoms with Crippen LogP contribution in [0.1, 0.15) is 18.1 Å². The molecule has 2 aromatic carbocycles. The molecule has 7 heteroatoms. The first-order chi connectivity index (χ1) is 12.7. The molecule has 0 spiro atoms. The van der Waals surface area contributed by atoms with Gasteiger partial charge in [0.05, 0.1) is 18.6 Å². The largest absolute Gasteiger partial charge is 0.494 e. The molecule has 2 rings (SSSR count). The lowest BCUT2D eigenvalue weighted by atomic mass is 10.1. The van der Waals surface area contributed by atoms with E-state index in [0.717, 1.165) is 21.7 Å². The van der Waals surface area contributed by atoms with Crippen LogP contribution in [0.25, 0.3) is 0 Å². The maximum atomic E-state index is 12.6. The number of rotatable bonds is 8. The minimum absolute atomic E-state index is 0.255. The number of nitrogens with zero attached hydrogens (tertiary/aromatic N) is 2. The number of anilines is 1. The van der Waals surface area contributed by atoms with Gasteiger partial charge in [0.2, 0.25) is 15.9 Å². The maximum absolute atomic E-state index is 12.6. The molecule has 1 amide bonds. The van der Waals surface area contributed by atoms with Crippen LogP contribution in [0.4, 0.5) is 5.69 Å². The van der Waals surface area contributed by atoms with Crippen molar-refractivity contribution >= 4 is 21.6 Å². The zero-order valence-corrected chi connectivity index (χ0v) is 17.0. The fourth-order valence-corrected chi connectivity index (χ4v) is 3.42. The van der Waals surface area contributed by atoms with Crippen LogP contribution in [0.15, 0.2) is 48.5 Å². The third-order valence-electron chi connectivity index (χ3n) is 4.08. The molecule has 0 fully saturated rings. The Hall–Kier alpha value is -2.54. The van der Waals surface area contributed by atoms with Crippen LogP contribution in [0, 0.1) is 6.92 Å². The summed E-state index contributed by atoms with van der Waals surface area (Å²) in [5.41, 5.74) is 2.56. The molecule has 2 aromatic rings. The van der Waals surface area contributed by atoms with E-state index >= 15 is 0 Å². The molecule has 0 saturated heterocycles. The number of amides is 1. The average Bonchev–Trinajstić information content (AvgIpc) is 2.61. The van der Waals surface area contributed by atoms with Crippen LogP contribution < -0.4 is 9.04 Å². The second-order valence-corrected chi connectivity index (χ2v) is 8.34. The molecule has 0 heterocycles. The van der Waals surface area contributed by atoms with Crippen molar-refractivity contribution in [2.75, 3.05) is 30.8 Å². The van der Waals surface area contributed by atoms with E-state index in [1.54, 1.807) is 31.3 Å². The molecule has 0 N–H and O–H groups in total. The number of benzene rings is 2. The van der Waals surface area contributed by atoms with Crippen molar-refractivity contribution in [3.63, 3.8) is 0 Å². The lowest BCUT2D eigenvalue weighted by molar-refractivity contribution is -0.128. The van der Waals surface area contributed by atoms with E-state index in [-0.39, 0.29) is 12.5 Å². The Kier molecular flexibility index (Phi) is 6.85. The molecule has 0 radical (unpaired) electrons. The lowest BCUT2D eigenvalue weighted by Crippen LogP contribution is -2.41. The summed E-state index contributed by atoms with van der Waals surface area (Å²) in [6.07, 6.45) is 1.09. The molecular formula is C20H26N2O4S. The second-order valence-electron chi connectivity index (χ2n) is 6.43. The van der Waals surface area contributed by atoms with Crippen molar-refractivity contribution < 1.29 is 17.9 Å². The number of hydrogen-bond donors (Lipinski definition) is 0. The molecule has 0 aliphatic rings. The molecular weight excluding hydrogens is 364 g/mol. The van der Waals surface area contributed by atoms with Gasteiger partial charge in [-0.3, -0.25) is 9.10 Å². The minimum Gasteiger partial charge on any atom is -0.494 e. The highest BCUT2D eigenvalue weighted by molar-refractivity contribution is 7.92. The SMILES string of the molecule is CCOc1ccc(N(CC(=O)N(C)Cc2ccc(C)cc2)S(C)(=O)=O)cc1. The zero-order valence-electron chi connectivity index (χ0n) is 16.2. The molecule has 0 aliphatic carbocycles. The molecule has 27 heavy (non-hydrogen) atoms. The van der Waals surface area contributed by atoms with Crippen LogP contribution in [0.2, 0.25) is 0 Å². The second kappa shape index (κ2) is 8.90. The van der Waals surface area contributed by atoms with Crippen molar-refractivity contribution in [3.05, 3.63) is 59.7 Å².